The monoisotopic (exact) mass is 321 g/mol. The molecule has 0 aliphatic carbocycles. The van der Waals surface area contributed by atoms with E-state index in [4.69, 9.17) is 9.47 Å². The molecule has 2 aliphatic rings. The van der Waals surface area contributed by atoms with E-state index in [0.29, 0.717) is 43.5 Å². The van der Waals surface area contributed by atoms with Crippen molar-refractivity contribution in [3.05, 3.63) is 18.2 Å². The van der Waals surface area contributed by atoms with Gasteiger partial charge in [-0.25, -0.2) is 9.59 Å². The number of hydrogen-bond donors (Lipinski definition) is 2. The molecule has 3 amide bonds. The smallest absolute Gasteiger partial charge is 0.409 e. The summed E-state index contributed by atoms with van der Waals surface area (Å²) in [5.74, 6) is 1.28. The summed E-state index contributed by atoms with van der Waals surface area (Å²) in [5.41, 5.74) is 0.144. The van der Waals surface area contributed by atoms with Gasteiger partial charge in [-0.3, -0.25) is 0 Å². The number of nitrogens with zero attached hydrogens (tertiary/aromatic N) is 1. The van der Waals surface area contributed by atoms with Gasteiger partial charge in [0.05, 0.1) is 12.6 Å². The van der Waals surface area contributed by atoms with E-state index in [1.165, 1.54) is 12.0 Å². The topological polar surface area (TPSA) is 89.1 Å². The lowest BCUT2D eigenvalue weighted by atomic mass is 9.93. The number of urea groups is 1. The second-order valence-corrected chi connectivity index (χ2v) is 5.82. The number of ether oxygens (including phenoxy) is 3. The number of carbonyl (C=O) groups excluding carboxylic acids is 2. The highest BCUT2D eigenvalue weighted by atomic mass is 16.6. The van der Waals surface area contributed by atoms with Gasteiger partial charge in [0.15, 0.2) is 11.5 Å². The van der Waals surface area contributed by atoms with E-state index in [1.54, 1.807) is 18.2 Å². The molecule has 0 unspecified atom stereocenters. The summed E-state index contributed by atoms with van der Waals surface area (Å²) in [5, 5.41) is 5.61. The van der Waals surface area contributed by atoms with Crippen LogP contribution in [0, 0.1) is 0 Å². The molecule has 1 fully saturated rings. The predicted molar refractivity (Wildman–Crippen MR) is 82.0 cm³/mol. The first-order valence-corrected chi connectivity index (χ1v) is 7.31. The maximum Gasteiger partial charge on any atom is 0.409 e. The highest BCUT2D eigenvalue weighted by molar-refractivity contribution is 5.90. The van der Waals surface area contributed by atoms with Crippen LogP contribution in [-0.4, -0.2) is 56.0 Å². The summed E-state index contributed by atoms with van der Waals surface area (Å²) in [6.45, 7) is 3.71. The number of hydrogen-bond acceptors (Lipinski definition) is 5. The summed E-state index contributed by atoms with van der Waals surface area (Å²) < 4.78 is 15.5. The largest absolute Gasteiger partial charge is 0.486 e. The lowest BCUT2D eigenvalue weighted by Crippen LogP contribution is -2.70. The Balaban J connectivity index is 1.55. The molecule has 0 radical (unpaired) electrons. The third-order valence-corrected chi connectivity index (χ3v) is 3.73. The molecule has 2 heterocycles. The Kier molecular flexibility index (Phi) is 3.89. The number of methoxy groups -OCH3 is 1. The van der Waals surface area contributed by atoms with Crippen LogP contribution in [-0.2, 0) is 4.74 Å². The van der Waals surface area contributed by atoms with Gasteiger partial charge in [-0.2, -0.15) is 0 Å². The minimum atomic E-state index is -0.466. The van der Waals surface area contributed by atoms with E-state index in [9.17, 15) is 9.59 Å². The van der Waals surface area contributed by atoms with E-state index >= 15 is 0 Å². The van der Waals surface area contributed by atoms with E-state index in [-0.39, 0.29) is 6.03 Å². The molecule has 0 atom stereocenters. The van der Waals surface area contributed by atoms with Crippen molar-refractivity contribution in [1.82, 2.24) is 10.2 Å². The van der Waals surface area contributed by atoms with Crippen LogP contribution >= 0.6 is 0 Å². The Bertz CT molecular complexity index is 628. The zero-order valence-electron chi connectivity index (χ0n) is 13.0. The maximum atomic E-state index is 12.1. The van der Waals surface area contributed by atoms with Crippen LogP contribution in [0.15, 0.2) is 18.2 Å². The van der Waals surface area contributed by atoms with Crippen molar-refractivity contribution in [1.29, 1.82) is 0 Å². The minimum Gasteiger partial charge on any atom is -0.486 e. The lowest BCUT2D eigenvalue weighted by Gasteiger charge is -2.47. The first-order chi connectivity index (χ1) is 11.0. The highest BCUT2D eigenvalue weighted by Gasteiger charge is 2.43. The van der Waals surface area contributed by atoms with Gasteiger partial charge in [0.25, 0.3) is 0 Å². The predicted octanol–water partition coefficient (Wildman–Crippen LogP) is 1.42. The van der Waals surface area contributed by atoms with Gasteiger partial charge in [0.1, 0.15) is 13.2 Å². The Hall–Kier alpha value is -2.64. The highest BCUT2D eigenvalue weighted by Crippen LogP contribution is 2.32. The van der Waals surface area contributed by atoms with Crippen LogP contribution in [0.4, 0.5) is 15.3 Å². The molecule has 23 heavy (non-hydrogen) atoms. The average molecular weight is 321 g/mol. The molecule has 0 bridgehead atoms. The first kappa shape index (κ1) is 15.3. The lowest BCUT2D eigenvalue weighted by molar-refractivity contribution is 0.0476. The quantitative estimate of drug-likeness (QED) is 0.860. The van der Waals surface area contributed by atoms with Crippen LogP contribution < -0.4 is 20.1 Å². The van der Waals surface area contributed by atoms with Crippen molar-refractivity contribution in [2.45, 2.75) is 12.5 Å². The second-order valence-electron chi connectivity index (χ2n) is 5.82. The van der Waals surface area contributed by atoms with Crippen molar-refractivity contribution >= 4 is 17.8 Å². The standard InChI is InChI=1S/C15H19N3O5/c1-15(8-18(9-15)14(20)21-2)17-13(19)16-10-3-4-11-12(7-10)23-6-5-22-11/h3-4,7H,5-6,8-9H2,1-2H3,(H2,16,17,19). The Morgan fingerprint density at radius 2 is 1.91 bits per heavy atom. The summed E-state index contributed by atoms with van der Waals surface area (Å²) in [6, 6.07) is 4.89. The fourth-order valence-corrected chi connectivity index (χ4v) is 2.69. The van der Waals surface area contributed by atoms with Gasteiger partial charge in [-0.1, -0.05) is 0 Å². The van der Waals surface area contributed by atoms with Crippen molar-refractivity contribution in [3.8, 4) is 11.5 Å². The molecule has 2 N–H and O–H groups in total. The molecule has 0 aromatic heterocycles. The van der Waals surface area contributed by atoms with Crippen LogP contribution in [0.25, 0.3) is 0 Å². The van der Waals surface area contributed by atoms with Gasteiger partial charge < -0.3 is 29.7 Å². The number of carbonyl (C=O) groups is 2. The van der Waals surface area contributed by atoms with Crippen LogP contribution in [0.1, 0.15) is 6.92 Å². The third-order valence-electron chi connectivity index (χ3n) is 3.73. The van der Waals surface area contributed by atoms with Gasteiger partial charge in [0.2, 0.25) is 0 Å². The number of likely N-dealkylation sites (tertiary alicyclic amines) is 1. The zero-order valence-corrected chi connectivity index (χ0v) is 13.0. The van der Waals surface area contributed by atoms with Gasteiger partial charge in [-0.05, 0) is 19.1 Å². The van der Waals surface area contributed by atoms with E-state index < -0.39 is 11.6 Å². The molecule has 8 heteroatoms. The summed E-state index contributed by atoms with van der Waals surface area (Å²) >= 11 is 0. The maximum absolute atomic E-state index is 12.1. The molecule has 8 nitrogen and oxygen atoms in total. The number of anilines is 1. The molecule has 1 saturated heterocycles. The van der Waals surface area contributed by atoms with Crippen LogP contribution in [0.2, 0.25) is 0 Å². The average Bonchev–Trinajstić information content (AvgIpc) is 2.51. The van der Waals surface area contributed by atoms with Crippen molar-refractivity contribution in [3.63, 3.8) is 0 Å². The Morgan fingerprint density at radius 3 is 2.61 bits per heavy atom. The first-order valence-electron chi connectivity index (χ1n) is 7.31. The molecular weight excluding hydrogens is 302 g/mol. The summed E-state index contributed by atoms with van der Waals surface area (Å²) in [7, 11) is 1.33. The number of fused-ring (bicyclic) bond motifs is 1. The summed E-state index contributed by atoms with van der Waals surface area (Å²) in [4.78, 5) is 25.0. The molecule has 0 saturated carbocycles. The molecule has 1 aromatic rings. The molecule has 124 valence electrons. The van der Waals surface area contributed by atoms with Crippen molar-refractivity contribution in [2.75, 3.05) is 38.7 Å². The molecule has 1 aromatic carbocycles. The van der Waals surface area contributed by atoms with Crippen molar-refractivity contribution < 1.29 is 23.8 Å². The Labute approximate surface area is 133 Å². The van der Waals surface area contributed by atoms with E-state index in [1.807, 2.05) is 6.92 Å². The number of nitrogens with one attached hydrogen (secondary N) is 2. The molecular formula is C15H19N3O5. The Morgan fingerprint density at radius 1 is 1.22 bits per heavy atom. The minimum absolute atomic E-state index is 0.339. The van der Waals surface area contributed by atoms with Crippen molar-refractivity contribution in [2.24, 2.45) is 0 Å². The van der Waals surface area contributed by atoms with Crippen LogP contribution in [0.5, 0.6) is 11.5 Å². The zero-order chi connectivity index (χ0) is 16.4. The summed E-state index contributed by atoms with van der Waals surface area (Å²) in [6.07, 6.45) is -0.392. The molecule has 3 rings (SSSR count). The van der Waals surface area contributed by atoms with E-state index in [0.717, 1.165) is 0 Å². The second kappa shape index (κ2) is 5.86. The fourth-order valence-electron chi connectivity index (χ4n) is 2.69. The van der Waals surface area contributed by atoms with Gasteiger partial charge in [0, 0.05) is 24.8 Å². The van der Waals surface area contributed by atoms with Gasteiger partial charge in [-0.15, -0.1) is 0 Å². The van der Waals surface area contributed by atoms with Crippen LogP contribution in [0.3, 0.4) is 0 Å². The molecule has 2 aliphatic heterocycles. The number of amides is 3. The third kappa shape index (κ3) is 3.25. The SMILES string of the molecule is COC(=O)N1CC(C)(NC(=O)Nc2ccc3c(c2)OCCO3)C1. The molecule has 0 spiro atoms. The number of rotatable bonds is 2. The van der Waals surface area contributed by atoms with Gasteiger partial charge >= 0.3 is 12.1 Å². The normalized spacial score (nSPS) is 17.7. The fraction of sp³-hybridized carbons (Fsp3) is 0.467. The van der Waals surface area contributed by atoms with E-state index in [2.05, 4.69) is 15.4 Å². The number of benzene rings is 1.